The number of unbranched alkanes of at least 4 members (excludes halogenated alkanes) is 4. The summed E-state index contributed by atoms with van der Waals surface area (Å²) in [4.78, 5) is 17.4. The molecule has 0 radical (unpaired) electrons. The van der Waals surface area contributed by atoms with Crippen molar-refractivity contribution < 1.29 is 4.79 Å². The molecule has 4 rings (SSSR count). The molecule has 0 aromatic heterocycles. The van der Waals surface area contributed by atoms with Crippen molar-refractivity contribution in [2.24, 2.45) is 0 Å². The number of ketones is 1. The summed E-state index contributed by atoms with van der Waals surface area (Å²) < 4.78 is 0. The van der Waals surface area contributed by atoms with E-state index < -0.39 is 0 Å². The van der Waals surface area contributed by atoms with Crippen molar-refractivity contribution in [2.75, 3.05) is 22.9 Å². The van der Waals surface area contributed by atoms with Gasteiger partial charge in [-0.25, -0.2) is 0 Å². The highest BCUT2D eigenvalue weighted by Gasteiger charge is 2.40. The van der Waals surface area contributed by atoms with Crippen LogP contribution >= 0.6 is 0 Å². The normalized spacial score (nSPS) is 19.0. The Kier molecular flexibility index (Phi) is 11.4. The number of allylic oxidation sites excluding steroid dienone is 12. The topological polar surface area (TPSA) is 23.6 Å². The van der Waals surface area contributed by atoms with Crippen LogP contribution in [0.3, 0.4) is 0 Å². The van der Waals surface area contributed by atoms with Gasteiger partial charge < -0.3 is 9.80 Å². The van der Waals surface area contributed by atoms with Crippen LogP contribution in [0.25, 0.3) is 0 Å². The van der Waals surface area contributed by atoms with E-state index in [2.05, 4.69) is 124 Å². The van der Waals surface area contributed by atoms with Gasteiger partial charge in [-0.05, 0) is 60.4 Å². The van der Waals surface area contributed by atoms with Crippen LogP contribution in [0, 0.1) is 0 Å². The minimum atomic E-state index is -0.0555. The number of benzene rings is 2. The van der Waals surface area contributed by atoms with Crippen molar-refractivity contribution in [3.05, 3.63) is 132 Å². The summed E-state index contributed by atoms with van der Waals surface area (Å²) in [7, 11) is 0. The van der Waals surface area contributed by atoms with Crippen LogP contribution in [0.1, 0.15) is 91.2 Å². The van der Waals surface area contributed by atoms with Crippen LogP contribution in [-0.2, 0) is 15.6 Å². The third kappa shape index (κ3) is 7.44. The maximum Gasteiger partial charge on any atom is 0.178 e. The van der Waals surface area contributed by atoms with E-state index in [1.54, 1.807) is 12.2 Å². The van der Waals surface area contributed by atoms with E-state index in [0.29, 0.717) is 0 Å². The average Bonchev–Trinajstić information content (AvgIpc) is 3.36. The molecule has 2 aromatic rings. The summed E-state index contributed by atoms with van der Waals surface area (Å²) in [6.45, 7) is 15.8. The van der Waals surface area contributed by atoms with E-state index in [1.165, 1.54) is 72.4 Å². The van der Waals surface area contributed by atoms with Gasteiger partial charge in [-0.3, -0.25) is 4.79 Å². The number of nitrogens with zero attached hydrogens (tertiary/aromatic N) is 2. The largest absolute Gasteiger partial charge is 0.344 e. The highest BCUT2D eigenvalue weighted by molar-refractivity contribution is 5.99. The van der Waals surface area contributed by atoms with Gasteiger partial charge in [0.2, 0.25) is 0 Å². The fourth-order valence-electron chi connectivity index (χ4n) is 6.58. The van der Waals surface area contributed by atoms with Crippen molar-refractivity contribution in [3.8, 4) is 0 Å². The standard InChI is InChI=1S/C41H52N2O/c1-7-9-21-31-42-36-27-19-17-25-34(36)40(3,4)38(42)29-15-11-13-23-33(44)24-14-12-16-30-39-41(5,6)35-26-18-20-28-37(35)43(39)32-22-10-8-2/h11-20,23-30H,7-10,21-22,31-32H2,1-6H3/b15-11+,16-12+,23-13+,24-14+,38-29+,39-30+. The Morgan fingerprint density at radius 2 is 1.00 bits per heavy atom. The monoisotopic (exact) mass is 588 g/mol. The lowest BCUT2D eigenvalue weighted by atomic mass is 9.84. The molecular weight excluding hydrogens is 536 g/mol. The zero-order valence-corrected chi connectivity index (χ0v) is 27.9. The first-order valence-corrected chi connectivity index (χ1v) is 16.6. The molecule has 2 aromatic carbocycles. The predicted octanol–water partition coefficient (Wildman–Crippen LogP) is 10.5. The number of carbonyl (C=O) groups excluding carboxylic acids is 1. The Morgan fingerprint density at radius 1 is 0.591 bits per heavy atom. The molecule has 44 heavy (non-hydrogen) atoms. The summed E-state index contributed by atoms with van der Waals surface area (Å²) in [5.74, 6) is -0.0239. The Hall–Kier alpha value is -3.85. The van der Waals surface area contributed by atoms with Crippen LogP contribution in [0.5, 0.6) is 0 Å². The van der Waals surface area contributed by atoms with Crippen LogP contribution < -0.4 is 9.80 Å². The number of anilines is 2. The first-order valence-electron chi connectivity index (χ1n) is 16.6. The molecule has 0 saturated carbocycles. The maximum absolute atomic E-state index is 12.5. The van der Waals surface area contributed by atoms with E-state index in [4.69, 9.17) is 0 Å². The van der Waals surface area contributed by atoms with Crippen molar-refractivity contribution in [1.29, 1.82) is 0 Å². The lowest BCUT2D eigenvalue weighted by molar-refractivity contribution is -0.110. The Labute approximate surface area is 267 Å². The number of para-hydroxylation sites is 2. The Balaban J connectivity index is 1.38. The Morgan fingerprint density at radius 3 is 1.41 bits per heavy atom. The molecule has 2 aliphatic heterocycles. The average molecular weight is 589 g/mol. The molecule has 0 unspecified atom stereocenters. The van der Waals surface area contributed by atoms with E-state index >= 15 is 0 Å². The number of hydrogen-bond acceptors (Lipinski definition) is 3. The van der Waals surface area contributed by atoms with Gasteiger partial charge in [0, 0.05) is 46.7 Å². The van der Waals surface area contributed by atoms with Gasteiger partial charge in [-0.2, -0.15) is 0 Å². The van der Waals surface area contributed by atoms with E-state index in [-0.39, 0.29) is 16.6 Å². The number of fused-ring (bicyclic) bond motifs is 2. The lowest BCUT2D eigenvalue weighted by Crippen LogP contribution is -2.27. The quantitative estimate of drug-likeness (QED) is 0.125. The van der Waals surface area contributed by atoms with Crippen LogP contribution in [0.15, 0.2) is 121 Å². The molecule has 0 saturated heterocycles. The number of hydrogen-bond donors (Lipinski definition) is 0. The highest BCUT2D eigenvalue weighted by Crippen LogP contribution is 2.48. The zero-order chi connectivity index (χ0) is 31.6. The molecule has 0 bridgehead atoms. The second-order valence-corrected chi connectivity index (χ2v) is 13.0. The van der Waals surface area contributed by atoms with Crippen LogP contribution in [0.2, 0.25) is 0 Å². The second-order valence-electron chi connectivity index (χ2n) is 13.0. The molecule has 3 heteroatoms. The first kappa shape index (κ1) is 33.1. The highest BCUT2D eigenvalue weighted by atomic mass is 16.1. The third-order valence-corrected chi connectivity index (χ3v) is 9.04. The lowest BCUT2D eigenvalue weighted by Gasteiger charge is -2.27. The maximum atomic E-state index is 12.5. The van der Waals surface area contributed by atoms with Gasteiger partial charge >= 0.3 is 0 Å². The van der Waals surface area contributed by atoms with Gasteiger partial charge in [-0.1, -0.05) is 140 Å². The fourth-order valence-corrected chi connectivity index (χ4v) is 6.58. The molecule has 0 amide bonds. The molecule has 0 atom stereocenters. The van der Waals surface area contributed by atoms with Gasteiger partial charge in [0.05, 0.1) is 0 Å². The molecule has 0 N–H and O–H groups in total. The van der Waals surface area contributed by atoms with Crippen LogP contribution in [0.4, 0.5) is 11.4 Å². The SMILES string of the molecule is CCCCCN1/C(=C/C=C/C=C/C(=O)/C=C/C=C/C=C2/N(CCCCC)c3ccccc3C2(C)C)C(C)(C)c2ccccc21. The molecule has 0 aliphatic carbocycles. The van der Waals surface area contributed by atoms with E-state index in [9.17, 15) is 4.79 Å². The summed E-state index contributed by atoms with van der Waals surface area (Å²) in [5.41, 5.74) is 7.89. The summed E-state index contributed by atoms with van der Waals surface area (Å²) in [6, 6.07) is 17.5. The fraction of sp³-hybridized carbons (Fsp3) is 0.390. The van der Waals surface area contributed by atoms with Gasteiger partial charge in [0.25, 0.3) is 0 Å². The van der Waals surface area contributed by atoms with Crippen molar-refractivity contribution in [1.82, 2.24) is 0 Å². The Bertz CT molecular complexity index is 1350. The van der Waals surface area contributed by atoms with Crippen molar-refractivity contribution >= 4 is 17.2 Å². The third-order valence-electron chi connectivity index (χ3n) is 9.04. The molecule has 0 fully saturated rings. The molecule has 232 valence electrons. The van der Waals surface area contributed by atoms with Crippen LogP contribution in [-0.4, -0.2) is 18.9 Å². The zero-order valence-electron chi connectivity index (χ0n) is 27.9. The van der Waals surface area contributed by atoms with Crippen molar-refractivity contribution in [2.45, 2.75) is 90.9 Å². The van der Waals surface area contributed by atoms with Gasteiger partial charge in [0.1, 0.15) is 0 Å². The molecule has 2 aliphatic rings. The van der Waals surface area contributed by atoms with Gasteiger partial charge in [-0.15, -0.1) is 0 Å². The molecule has 3 nitrogen and oxygen atoms in total. The minimum Gasteiger partial charge on any atom is -0.344 e. The molecule has 2 heterocycles. The summed E-state index contributed by atoms with van der Waals surface area (Å²) in [5, 5.41) is 0. The van der Waals surface area contributed by atoms with E-state index in [1.807, 2.05) is 24.3 Å². The minimum absolute atomic E-state index is 0.0239. The summed E-state index contributed by atoms with van der Waals surface area (Å²) in [6.07, 6.45) is 26.6. The first-order chi connectivity index (χ1) is 21.2. The number of carbonyl (C=O) groups is 1. The smallest absolute Gasteiger partial charge is 0.178 e. The van der Waals surface area contributed by atoms with Gasteiger partial charge in [0.15, 0.2) is 5.78 Å². The second kappa shape index (κ2) is 15.2. The van der Waals surface area contributed by atoms with Crippen molar-refractivity contribution in [3.63, 3.8) is 0 Å². The molecule has 0 spiro atoms. The molecular formula is C41H52N2O. The summed E-state index contributed by atoms with van der Waals surface area (Å²) >= 11 is 0. The number of rotatable bonds is 14. The van der Waals surface area contributed by atoms with E-state index in [0.717, 1.165) is 13.1 Å². The predicted molar refractivity (Wildman–Crippen MR) is 190 cm³/mol.